The summed E-state index contributed by atoms with van der Waals surface area (Å²) in [5.41, 5.74) is 1.05. The monoisotopic (exact) mass is 224 g/mol. The predicted octanol–water partition coefficient (Wildman–Crippen LogP) is 2.30. The summed E-state index contributed by atoms with van der Waals surface area (Å²) in [7, 11) is 0. The molecule has 3 nitrogen and oxygen atoms in total. The average molecular weight is 225 g/mol. The van der Waals surface area contributed by atoms with Crippen LogP contribution in [0, 0.1) is 0 Å². The fraction of sp³-hybridized carbons (Fsp3) is 0.364. The van der Waals surface area contributed by atoms with Crippen LogP contribution in [0.2, 0.25) is 5.02 Å². The van der Waals surface area contributed by atoms with E-state index in [0.29, 0.717) is 17.6 Å². The highest BCUT2D eigenvalue weighted by Crippen LogP contribution is 2.18. The number of nitrogens with one attached hydrogen (secondary N) is 2. The highest BCUT2D eigenvalue weighted by atomic mass is 35.5. The summed E-state index contributed by atoms with van der Waals surface area (Å²) in [6, 6.07) is 7.75. The van der Waals surface area contributed by atoms with Crippen molar-refractivity contribution in [1.82, 2.24) is 10.6 Å². The largest absolute Gasteiger partial charge is 0.335 e. The molecule has 1 aliphatic rings. The second-order valence-electron chi connectivity index (χ2n) is 3.73. The fourth-order valence-corrected chi connectivity index (χ4v) is 1.37. The van der Waals surface area contributed by atoms with Gasteiger partial charge < -0.3 is 10.6 Å². The number of benzene rings is 1. The van der Waals surface area contributed by atoms with Crippen molar-refractivity contribution in [2.75, 3.05) is 0 Å². The normalized spacial score (nSPS) is 14.7. The Balaban J connectivity index is 1.76. The third-order valence-electron chi connectivity index (χ3n) is 2.28. The first-order valence-corrected chi connectivity index (χ1v) is 5.40. The lowest BCUT2D eigenvalue weighted by Crippen LogP contribution is -2.36. The molecule has 2 amide bonds. The molecule has 2 rings (SSSR count). The van der Waals surface area contributed by atoms with E-state index in [1.54, 1.807) is 0 Å². The Labute approximate surface area is 93.8 Å². The van der Waals surface area contributed by atoms with Gasteiger partial charge in [0.25, 0.3) is 0 Å². The number of amides is 2. The van der Waals surface area contributed by atoms with Crippen molar-refractivity contribution in [3.05, 3.63) is 34.9 Å². The molecule has 1 aromatic rings. The van der Waals surface area contributed by atoms with E-state index in [9.17, 15) is 4.79 Å². The van der Waals surface area contributed by atoms with E-state index in [2.05, 4.69) is 10.6 Å². The van der Waals surface area contributed by atoms with Crippen molar-refractivity contribution in [3.8, 4) is 0 Å². The lowest BCUT2D eigenvalue weighted by Gasteiger charge is -2.06. The molecule has 0 bridgehead atoms. The Hall–Kier alpha value is -1.22. The van der Waals surface area contributed by atoms with Crippen LogP contribution in [0.5, 0.6) is 0 Å². The molecule has 1 fully saturated rings. The molecule has 2 N–H and O–H groups in total. The number of hydrogen-bond acceptors (Lipinski definition) is 1. The minimum absolute atomic E-state index is 0.0903. The Morgan fingerprint density at radius 1 is 1.33 bits per heavy atom. The molecule has 0 atom stereocenters. The van der Waals surface area contributed by atoms with Gasteiger partial charge in [0.2, 0.25) is 0 Å². The van der Waals surface area contributed by atoms with Crippen molar-refractivity contribution in [2.45, 2.75) is 25.4 Å². The Morgan fingerprint density at radius 2 is 2.00 bits per heavy atom. The van der Waals surface area contributed by atoms with Gasteiger partial charge in [-0.05, 0) is 30.5 Å². The van der Waals surface area contributed by atoms with Crippen molar-refractivity contribution < 1.29 is 4.79 Å². The molecule has 4 heteroatoms. The maximum Gasteiger partial charge on any atom is 0.315 e. The lowest BCUT2D eigenvalue weighted by atomic mass is 10.2. The van der Waals surface area contributed by atoms with Crippen LogP contribution in [0.15, 0.2) is 24.3 Å². The van der Waals surface area contributed by atoms with Crippen LogP contribution in [-0.2, 0) is 6.54 Å². The maximum absolute atomic E-state index is 11.3. The lowest BCUT2D eigenvalue weighted by molar-refractivity contribution is 0.240. The molecule has 0 aliphatic heterocycles. The molecule has 0 radical (unpaired) electrons. The van der Waals surface area contributed by atoms with Crippen LogP contribution >= 0.6 is 11.6 Å². The number of urea groups is 1. The summed E-state index contributed by atoms with van der Waals surface area (Å²) in [6.07, 6.45) is 2.21. The molecule has 0 saturated heterocycles. The van der Waals surface area contributed by atoms with Gasteiger partial charge in [-0.25, -0.2) is 4.79 Å². The third-order valence-corrected chi connectivity index (χ3v) is 2.53. The minimum atomic E-state index is -0.0903. The summed E-state index contributed by atoms with van der Waals surface area (Å²) in [5.74, 6) is 0. The van der Waals surface area contributed by atoms with Gasteiger partial charge in [-0.15, -0.1) is 0 Å². The maximum atomic E-state index is 11.3. The second-order valence-corrected chi connectivity index (χ2v) is 4.16. The van der Waals surface area contributed by atoms with Crippen LogP contribution in [0.1, 0.15) is 18.4 Å². The van der Waals surface area contributed by atoms with Crippen molar-refractivity contribution in [2.24, 2.45) is 0 Å². The van der Waals surface area contributed by atoms with Gasteiger partial charge in [0, 0.05) is 17.6 Å². The minimum Gasteiger partial charge on any atom is -0.335 e. The van der Waals surface area contributed by atoms with Crippen molar-refractivity contribution in [3.63, 3.8) is 0 Å². The number of halogens is 1. The standard InChI is InChI=1S/C11H13ClN2O/c12-9-3-1-8(2-4-9)7-13-11(15)14-10-5-6-10/h1-4,10H,5-7H2,(H2,13,14,15). The summed E-state index contributed by atoms with van der Waals surface area (Å²) in [5, 5.41) is 6.37. The summed E-state index contributed by atoms with van der Waals surface area (Å²) >= 11 is 5.75. The Morgan fingerprint density at radius 3 is 2.60 bits per heavy atom. The van der Waals surface area contributed by atoms with E-state index in [1.165, 1.54) is 0 Å². The number of carbonyl (C=O) groups excluding carboxylic acids is 1. The van der Waals surface area contributed by atoms with E-state index in [1.807, 2.05) is 24.3 Å². The van der Waals surface area contributed by atoms with E-state index >= 15 is 0 Å². The number of hydrogen-bond donors (Lipinski definition) is 2. The first-order chi connectivity index (χ1) is 7.24. The third kappa shape index (κ3) is 3.44. The van der Waals surface area contributed by atoms with E-state index in [-0.39, 0.29) is 6.03 Å². The highest BCUT2D eigenvalue weighted by Gasteiger charge is 2.22. The van der Waals surface area contributed by atoms with E-state index < -0.39 is 0 Å². The molecule has 0 heterocycles. The molecule has 1 aromatic carbocycles. The van der Waals surface area contributed by atoms with Crippen molar-refractivity contribution >= 4 is 17.6 Å². The SMILES string of the molecule is O=C(NCc1ccc(Cl)cc1)NC1CC1. The summed E-state index contributed by atoms with van der Waals surface area (Å²) < 4.78 is 0. The first kappa shape index (κ1) is 10.3. The smallest absolute Gasteiger partial charge is 0.315 e. The van der Waals surface area contributed by atoms with E-state index in [0.717, 1.165) is 18.4 Å². The van der Waals surface area contributed by atoms with Crippen LogP contribution < -0.4 is 10.6 Å². The zero-order valence-electron chi connectivity index (χ0n) is 8.29. The zero-order valence-corrected chi connectivity index (χ0v) is 9.05. The molecule has 80 valence electrons. The van der Waals surface area contributed by atoms with Gasteiger partial charge in [-0.2, -0.15) is 0 Å². The quantitative estimate of drug-likeness (QED) is 0.813. The highest BCUT2D eigenvalue weighted by molar-refractivity contribution is 6.30. The Kier molecular flexibility index (Phi) is 3.11. The molecule has 1 aliphatic carbocycles. The predicted molar refractivity (Wildman–Crippen MR) is 59.8 cm³/mol. The van der Waals surface area contributed by atoms with Crippen molar-refractivity contribution in [1.29, 1.82) is 0 Å². The van der Waals surface area contributed by atoms with E-state index in [4.69, 9.17) is 11.6 Å². The fourth-order valence-electron chi connectivity index (χ4n) is 1.25. The van der Waals surface area contributed by atoms with Gasteiger partial charge in [-0.3, -0.25) is 0 Å². The van der Waals surface area contributed by atoms with Crippen LogP contribution in [-0.4, -0.2) is 12.1 Å². The van der Waals surface area contributed by atoms with Gasteiger partial charge >= 0.3 is 6.03 Å². The second kappa shape index (κ2) is 4.53. The molecule has 0 aromatic heterocycles. The summed E-state index contributed by atoms with van der Waals surface area (Å²) in [6.45, 7) is 0.537. The Bertz CT molecular complexity index is 346. The summed E-state index contributed by atoms with van der Waals surface area (Å²) in [4.78, 5) is 11.3. The molecule has 0 unspecified atom stereocenters. The molecule has 0 spiro atoms. The molecule has 1 saturated carbocycles. The number of carbonyl (C=O) groups is 1. The molecular weight excluding hydrogens is 212 g/mol. The van der Waals surface area contributed by atoms with Gasteiger partial charge in [-0.1, -0.05) is 23.7 Å². The van der Waals surface area contributed by atoms with Gasteiger partial charge in [0.15, 0.2) is 0 Å². The van der Waals surface area contributed by atoms with Gasteiger partial charge in [0.1, 0.15) is 0 Å². The van der Waals surface area contributed by atoms with Crippen LogP contribution in [0.4, 0.5) is 4.79 Å². The molecular formula is C11H13ClN2O. The average Bonchev–Trinajstić information content (AvgIpc) is 3.01. The molecule has 15 heavy (non-hydrogen) atoms. The van der Waals surface area contributed by atoms with Gasteiger partial charge in [0.05, 0.1) is 0 Å². The topological polar surface area (TPSA) is 41.1 Å². The first-order valence-electron chi connectivity index (χ1n) is 5.03. The zero-order chi connectivity index (χ0) is 10.7. The number of rotatable bonds is 3. The van der Waals surface area contributed by atoms with Crippen LogP contribution in [0.25, 0.3) is 0 Å². The van der Waals surface area contributed by atoms with Crippen LogP contribution in [0.3, 0.4) is 0 Å².